The maximum absolute atomic E-state index is 13.8. The summed E-state index contributed by atoms with van der Waals surface area (Å²) in [5.41, 5.74) is 0.707. The summed E-state index contributed by atoms with van der Waals surface area (Å²) in [6, 6.07) is 10.2. The molecule has 0 saturated carbocycles. The number of imidazole rings is 1. The molecular weight excluding hydrogens is 534 g/mol. The van der Waals surface area contributed by atoms with E-state index in [2.05, 4.69) is 10.3 Å². The van der Waals surface area contributed by atoms with Gasteiger partial charge in [0, 0.05) is 31.3 Å². The van der Waals surface area contributed by atoms with E-state index in [0.29, 0.717) is 49.1 Å². The third kappa shape index (κ3) is 5.75. The number of nitrogens with one attached hydrogen (secondary N) is 1. The van der Waals surface area contributed by atoms with Crippen molar-refractivity contribution in [3.63, 3.8) is 0 Å². The number of nitro benzene ring substituents is 1. The predicted molar refractivity (Wildman–Crippen MR) is 141 cm³/mol. The van der Waals surface area contributed by atoms with Crippen molar-refractivity contribution in [1.29, 1.82) is 0 Å². The molecule has 1 N–H and O–H groups in total. The lowest BCUT2D eigenvalue weighted by atomic mass is 10.1. The van der Waals surface area contributed by atoms with Gasteiger partial charge in [-0.2, -0.15) is 0 Å². The molecule has 0 radical (unpaired) electrons. The van der Waals surface area contributed by atoms with Gasteiger partial charge in [-0.05, 0) is 44.4 Å². The van der Waals surface area contributed by atoms with Crippen LogP contribution in [0.15, 0.2) is 52.5 Å². The van der Waals surface area contributed by atoms with E-state index in [1.54, 1.807) is 43.0 Å². The zero-order valence-corrected chi connectivity index (χ0v) is 22.5. The van der Waals surface area contributed by atoms with Crippen molar-refractivity contribution in [1.82, 2.24) is 19.2 Å². The third-order valence-corrected chi connectivity index (χ3v) is 9.01. The van der Waals surface area contributed by atoms with E-state index in [4.69, 9.17) is 4.74 Å². The van der Waals surface area contributed by atoms with Gasteiger partial charge in [0.05, 0.1) is 33.2 Å². The number of amides is 2. The molecule has 1 fully saturated rings. The molecule has 38 heavy (non-hydrogen) atoms. The number of nitro groups is 1. The lowest BCUT2D eigenvalue weighted by molar-refractivity contribution is -0.385. The number of aromatic nitrogens is 2. The first kappa shape index (κ1) is 27.4. The molecule has 14 heteroatoms. The molecule has 1 saturated heterocycles. The number of hydrogen-bond acceptors (Lipinski definition) is 9. The van der Waals surface area contributed by atoms with E-state index < -0.39 is 14.9 Å². The lowest BCUT2D eigenvalue weighted by Crippen LogP contribution is -2.47. The van der Waals surface area contributed by atoms with Gasteiger partial charge >= 0.3 is 6.09 Å². The molecule has 0 bridgehead atoms. The summed E-state index contributed by atoms with van der Waals surface area (Å²) in [6.07, 6.45) is 0.787. The standard InChI is InChI=1S/C24H27N5O7S2/c1-3-36-24(31)27-12-10-17(11-13-27)25-22(30)15-37-23-26-19-6-4-5-7-20(19)28(23)38(34,35)21-14-18(29(32)33)9-8-16(21)2/h4-9,14,17H,3,10-13,15H2,1-2H3,(H,25,30). The number of aryl methyl sites for hydroxylation is 1. The van der Waals surface area contributed by atoms with Crippen molar-refractivity contribution >= 4 is 50.5 Å². The molecule has 1 aliphatic rings. The number of carbonyl (C=O) groups is 2. The monoisotopic (exact) mass is 561 g/mol. The van der Waals surface area contributed by atoms with Crippen molar-refractivity contribution in [2.24, 2.45) is 0 Å². The highest BCUT2D eigenvalue weighted by Gasteiger charge is 2.29. The van der Waals surface area contributed by atoms with Gasteiger partial charge in [0.1, 0.15) is 0 Å². The Morgan fingerprint density at radius 1 is 1.21 bits per heavy atom. The van der Waals surface area contributed by atoms with Gasteiger partial charge in [0.25, 0.3) is 15.7 Å². The molecule has 0 atom stereocenters. The number of ether oxygens (including phenoxy) is 1. The Morgan fingerprint density at radius 3 is 2.61 bits per heavy atom. The first-order chi connectivity index (χ1) is 18.1. The van der Waals surface area contributed by atoms with Gasteiger partial charge in [-0.1, -0.05) is 30.0 Å². The van der Waals surface area contributed by atoms with Crippen LogP contribution in [0.4, 0.5) is 10.5 Å². The van der Waals surface area contributed by atoms with Gasteiger partial charge in [0.15, 0.2) is 5.16 Å². The maximum Gasteiger partial charge on any atom is 0.409 e. The summed E-state index contributed by atoms with van der Waals surface area (Å²) >= 11 is 0.962. The van der Waals surface area contributed by atoms with E-state index in [0.717, 1.165) is 21.8 Å². The Morgan fingerprint density at radius 2 is 1.92 bits per heavy atom. The summed E-state index contributed by atoms with van der Waals surface area (Å²) in [5, 5.41) is 14.3. The maximum atomic E-state index is 13.8. The van der Waals surface area contributed by atoms with Crippen LogP contribution < -0.4 is 5.32 Å². The molecule has 2 aromatic carbocycles. The summed E-state index contributed by atoms with van der Waals surface area (Å²) in [5.74, 6) is -0.391. The largest absolute Gasteiger partial charge is 0.450 e. The quantitative estimate of drug-likeness (QED) is 0.248. The average Bonchev–Trinajstić information content (AvgIpc) is 3.27. The normalized spacial score (nSPS) is 14.4. The van der Waals surface area contributed by atoms with Crippen LogP contribution in [0.1, 0.15) is 25.3 Å². The van der Waals surface area contributed by atoms with Crippen molar-refractivity contribution < 1.29 is 27.7 Å². The first-order valence-corrected chi connectivity index (χ1v) is 14.4. The predicted octanol–water partition coefficient (Wildman–Crippen LogP) is 3.32. The van der Waals surface area contributed by atoms with Crippen LogP contribution in [0.2, 0.25) is 0 Å². The molecule has 202 valence electrons. The Kier molecular flexibility index (Phi) is 8.21. The third-order valence-electron chi connectivity index (χ3n) is 6.11. The van der Waals surface area contributed by atoms with E-state index in [1.165, 1.54) is 12.1 Å². The fraction of sp³-hybridized carbons (Fsp3) is 0.375. The molecule has 4 rings (SSSR count). The summed E-state index contributed by atoms with van der Waals surface area (Å²) in [6.45, 7) is 4.53. The first-order valence-electron chi connectivity index (χ1n) is 11.9. The second-order valence-electron chi connectivity index (χ2n) is 8.68. The Hall–Kier alpha value is -3.65. The number of fused-ring (bicyclic) bond motifs is 1. The number of thioether (sulfide) groups is 1. The summed E-state index contributed by atoms with van der Waals surface area (Å²) in [4.78, 5) is 41.1. The highest BCUT2D eigenvalue weighted by atomic mass is 32.2. The number of nitrogens with zero attached hydrogens (tertiary/aromatic N) is 4. The van der Waals surface area contributed by atoms with Gasteiger partial charge in [-0.25, -0.2) is 22.2 Å². The van der Waals surface area contributed by atoms with E-state index in [1.807, 2.05) is 0 Å². The highest BCUT2D eigenvalue weighted by molar-refractivity contribution is 8.00. The molecule has 12 nitrogen and oxygen atoms in total. The minimum absolute atomic E-state index is 0.0735. The molecular formula is C24H27N5O7S2. The van der Waals surface area contributed by atoms with Gasteiger partial charge in [-0.3, -0.25) is 14.9 Å². The van der Waals surface area contributed by atoms with Crippen molar-refractivity contribution in [3.8, 4) is 0 Å². The molecule has 3 aromatic rings. The number of likely N-dealkylation sites (tertiary alicyclic amines) is 1. The number of non-ortho nitro benzene ring substituents is 1. The molecule has 2 amide bonds. The topological polar surface area (TPSA) is 154 Å². The van der Waals surface area contributed by atoms with Gasteiger partial charge < -0.3 is 15.0 Å². The van der Waals surface area contributed by atoms with Gasteiger partial charge in [0.2, 0.25) is 5.91 Å². The number of piperidine rings is 1. The number of rotatable bonds is 8. The SMILES string of the molecule is CCOC(=O)N1CCC(NC(=O)CSc2nc3ccccc3n2S(=O)(=O)c2cc([N+](=O)[O-])ccc2C)CC1. The second kappa shape index (κ2) is 11.4. The van der Waals surface area contributed by atoms with E-state index in [9.17, 15) is 28.1 Å². The summed E-state index contributed by atoms with van der Waals surface area (Å²) in [7, 11) is -4.29. The number of para-hydroxylation sites is 2. The number of hydrogen-bond donors (Lipinski definition) is 1. The second-order valence-corrected chi connectivity index (χ2v) is 11.4. The minimum Gasteiger partial charge on any atom is -0.450 e. The van der Waals surface area contributed by atoms with Crippen molar-refractivity contribution in [3.05, 3.63) is 58.1 Å². The Bertz CT molecular complexity index is 1480. The zero-order valence-electron chi connectivity index (χ0n) is 20.8. The molecule has 0 aliphatic carbocycles. The lowest BCUT2D eigenvalue weighted by Gasteiger charge is -2.31. The fourth-order valence-electron chi connectivity index (χ4n) is 4.20. The zero-order chi connectivity index (χ0) is 27.4. The smallest absolute Gasteiger partial charge is 0.409 e. The summed E-state index contributed by atoms with van der Waals surface area (Å²) < 4.78 is 33.6. The van der Waals surface area contributed by atoms with Crippen molar-refractivity contribution in [2.45, 2.75) is 42.8 Å². The Balaban J connectivity index is 1.53. The average molecular weight is 562 g/mol. The van der Waals surface area contributed by atoms with Gasteiger partial charge in [-0.15, -0.1) is 0 Å². The van der Waals surface area contributed by atoms with E-state index >= 15 is 0 Å². The molecule has 1 aromatic heterocycles. The van der Waals surface area contributed by atoms with E-state index in [-0.39, 0.29) is 39.5 Å². The molecule has 0 unspecified atom stereocenters. The number of benzene rings is 2. The van der Waals surface area contributed by atoms with Crippen LogP contribution in [0.3, 0.4) is 0 Å². The van der Waals surface area contributed by atoms with Crippen LogP contribution in [0.5, 0.6) is 0 Å². The van der Waals surface area contributed by atoms with Crippen LogP contribution in [-0.2, 0) is 19.6 Å². The van der Waals surface area contributed by atoms with Crippen LogP contribution in [0, 0.1) is 17.0 Å². The van der Waals surface area contributed by atoms with Crippen LogP contribution >= 0.6 is 11.8 Å². The molecule has 1 aliphatic heterocycles. The Labute approximate surface area is 223 Å². The number of carbonyl (C=O) groups excluding carboxylic acids is 2. The minimum atomic E-state index is -4.29. The highest BCUT2D eigenvalue weighted by Crippen LogP contribution is 2.31. The van der Waals surface area contributed by atoms with Crippen molar-refractivity contribution in [2.75, 3.05) is 25.4 Å². The van der Waals surface area contributed by atoms with Crippen LogP contribution in [-0.4, -0.2) is 70.7 Å². The molecule has 0 spiro atoms. The molecule has 2 heterocycles. The van der Waals surface area contributed by atoms with Crippen LogP contribution in [0.25, 0.3) is 11.0 Å². The fourth-order valence-corrected chi connectivity index (χ4v) is 6.98.